The molecule has 0 bridgehead atoms. The van der Waals surface area contributed by atoms with E-state index in [1.807, 2.05) is 30.3 Å². The number of benzene rings is 2. The van der Waals surface area contributed by atoms with Gasteiger partial charge in [0, 0.05) is 5.69 Å². The number of carbonyl (C=O) groups is 2. The van der Waals surface area contributed by atoms with Crippen molar-refractivity contribution in [3.05, 3.63) is 60.2 Å². The van der Waals surface area contributed by atoms with E-state index in [1.54, 1.807) is 45.0 Å². The highest BCUT2D eigenvalue weighted by Crippen LogP contribution is 2.13. The van der Waals surface area contributed by atoms with Crippen LogP contribution >= 0.6 is 0 Å². The lowest BCUT2D eigenvalue weighted by Crippen LogP contribution is -2.29. The number of amides is 2. The summed E-state index contributed by atoms with van der Waals surface area (Å²) in [4.78, 5) is 23.7. The Bertz CT molecular complexity index is 737. The van der Waals surface area contributed by atoms with Crippen LogP contribution in [0.3, 0.4) is 0 Å². The van der Waals surface area contributed by atoms with Gasteiger partial charge in [-0.15, -0.1) is 0 Å². The van der Waals surface area contributed by atoms with Gasteiger partial charge >= 0.3 is 6.09 Å². The molecule has 27 heavy (non-hydrogen) atoms. The number of ether oxygens (including phenoxy) is 2. The zero-order valence-corrected chi connectivity index (χ0v) is 16.0. The number of rotatable bonds is 7. The van der Waals surface area contributed by atoms with Gasteiger partial charge in [0.2, 0.25) is 5.91 Å². The Morgan fingerprint density at radius 3 is 2.26 bits per heavy atom. The standard InChI is InChI=1S/C21H26N2O4/c1-21(2,3)27-20(25)23-17-11-9-16(10-12-17)15-19(24)22-13-14-26-18-7-5-4-6-8-18/h4-12H,13-15H2,1-3H3,(H,22,24)(H,23,25). The Hall–Kier alpha value is -3.02. The van der Waals surface area contributed by atoms with Gasteiger partial charge in [0.25, 0.3) is 0 Å². The average molecular weight is 370 g/mol. The van der Waals surface area contributed by atoms with Crippen LogP contribution in [-0.2, 0) is 16.0 Å². The number of nitrogens with one attached hydrogen (secondary N) is 2. The first kappa shape index (κ1) is 20.3. The molecule has 0 aromatic heterocycles. The minimum Gasteiger partial charge on any atom is -0.492 e. The fourth-order valence-corrected chi connectivity index (χ4v) is 2.25. The Morgan fingerprint density at radius 2 is 1.63 bits per heavy atom. The predicted molar refractivity (Wildman–Crippen MR) is 105 cm³/mol. The van der Waals surface area contributed by atoms with Gasteiger partial charge in [-0.05, 0) is 50.6 Å². The molecular weight excluding hydrogens is 344 g/mol. The van der Waals surface area contributed by atoms with Gasteiger partial charge in [-0.25, -0.2) is 4.79 Å². The van der Waals surface area contributed by atoms with Crippen molar-refractivity contribution in [3.8, 4) is 5.75 Å². The zero-order chi connectivity index (χ0) is 19.7. The first-order valence-corrected chi connectivity index (χ1v) is 8.85. The summed E-state index contributed by atoms with van der Waals surface area (Å²) < 4.78 is 10.7. The molecule has 0 heterocycles. The molecule has 2 N–H and O–H groups in total. The predicted octanol–water partition coefficient (Wildman–Crippen LogP) is 3.77. The largest absolute Gasteiger partial charge is 0.492 e. The summed E-state index contributed by atoms with van der Waals surface area (Å²) in [7, 11) is 0. The van der Waals surface area contributed by atoms with Crippen molar-refractivity contribution in [2.24, 2.45) is 0 Å². The molecule has 0 saturated carbocycles. The van der Waals surface area contributed by atoms with Gasteiger partial charge in [-0.3, -0.25) is 10.1 Å². The Morgan fingerprint density at radius 1 is 0.963 bits per heavy atom. The normalized spacial score (nSPS) is 10.8. The van der Waals surface area contributed by atoms with Gasteiger partial charge in [0.05, 0.1) is 13.0 Å². The van der Waals surface area contributed by atoms with Gasteiger partial charge < -0.3 is 14.8 Å². The molecule has 0 saturated heterocycles. The van der Waals surface area contributed by atoms with E-state index < -0.39 is 11.7 Å². The molecule has 2 aromatic carbocycles. The number of hydrogen-bond acceptors (Lipinski definition) is 4. The molecule has 0 spiro atoms. The summed E-state index contributed by atoms with van der Waals surface area (Å²) in [5.41, 5.74) is 0.919. The summed E-state index contributed by atoms with van der Waals surface area (Å²) in [6.45, 7) is 6.26. The van der Waals surface area contributed by atoms with E-state index in [0.717, 1.165) is 11.3 Å². The Balaban J connectivity index is 1.70. The average Bonchev–Trinajstić information content (AvgIpc) is 2.60. The third-order valence-electron chi connectivity index (χ3n) is 3.40. The van der Waals surface area contributed by atoms with Crippen LogP contribution in [0, 0.1) is 0 Å². The first-order valence-electron chi connectivity index (χ1n) is 8.85. The third kappa shape index (κ3) is 8.27. The number of hydrogen-bond donors (Lipinski definition) is 2. The first-order chi connectivity index (χ1) is 12.8. The van der Waals surface area contributed by atoms with Crippen LogP contribution in [0.4, 0.5) is 10.5 Å². The van der Waals surface area contributed by atoms with E-state index in [1.165, 1.54) is 0 Å². The number of para-hydroxylation sites is 1. The molecule has 2 aromatic rings. The lowest BCUT2D eigenvalue weighted by atomic mass is 10.1. The quantitative estimate of drug-likeness (QED) is 0.728. The van der Waals surface area contributed by atoms with Crippen molar-refractivity contribution < 1.29 is 19.1 Å². The molecule has 6 nitrogen and oxygen atoms in total. The maximum atomic E-state index is 12.0. The summed E-state index contributed by atoms with van der Waals surface area (Å²) in [5.74, 6) is 0.694. The molecule has 0 aliphatic heterocycles. The number of carbonyl (C=O) groups excluding carboxylic acids is 2. The Labute approximate surface area is 159 Å². The molecule has 0 aliphatic rings. The van der Waals surface area contributed by atoms with Crippen LogP contribution in [-0.4, -0.2) is 30.8 Å². The smallest absolute Gasteiger partial charge is 0.412 e. The van der Waals surface area contributed by atoms with Gasteiger partial charge in [0.1, 0.15) is 18.0 Å². The van der Waals surface area contributed by atoms with E-state index in [4.69, 9.17) is 9.47 Å². The molecule has 0 fully saturated rings. The fourth-order valence-electron chi connectivity index (χ4n) is 2.25. The molecule has 2 rings (SSSR count). The van der Waals surface area contributed by atoms with E-state index in [-0.39, 0.29) is 12.3 Å². The van der Waals surface area contributed by atoms with Crippen LogP contribution < -0.4 is 15.4 Å². The van der Waals surface area contributed by atoms with Crippen LogP contribution in [0.1, 0.15) is 26.3 Å². The monoisotopic (exact) mass is 370 g/mol. The van der Waals surface area contributed by atoms with Crippen molar-refractivity contribution >= 4 is 17.7 Å². The molecule has 2 amide bonds. The fraction of sp³-hybridized carbons (Fsp3) is 0.333. The van der Waals surface area contributed by atoms with Gasteiger partial charge in [-0.2, -0.15) is 0 Å². The van der Waals surface area contributed by atoms with Crippen molar-refractivity contribution in [3.63, 3.8) is 0 Å². The maximum absolute atomic E-state index is 12.0. The molecule has 0 radical (unpaired) electrons. The molecule has 144 valence electrons. The van der Waals surface area contributed by atoms with Crippen LogP contribution in [0.5, 0.6) is 5.75 Å². The lowest BCUT2D eigenvalue weighted by molar-refractivity contribution is -0.120. The summed E-state index contributed by atoms with van der Waals surface area (Å²) in [6.07, 6.45) is -0.246. The zero-order valence-electron chi connectivity index (χ0n) is 16.0. The summed E-state index contributed by atoms with van der Waals surface area (Å²) in [6, 6.07) is 16.5. The maximum Gasteiger partial charge on any atom is 0.412 e. The summed E-state index contributed by atoms with van der Waals surface area (Å²) >= 11 is 0. The van der Waals surface area contributed by atoms with E-state index in [9.17, 15) is 9.59 Å². The molecule has 6 heteroatoms. The van der Waals surface area contributed by atoms with Crippen molar-refractivity contribution in [1.82, 2.24) is 5.32 Å². The van der Waals surface area contributed by atoms with Gasteiger partial charge in [0.15, 0.2) is 0 Å². The van der Waals surface area contributed by atoms with Crippen molar-refractivity contribution in [1.29, 1.82) is 0 Å². The van der Waals surface area contributed by atoms with Crippen molar-refractivity contribution in [2.45, 2.75) is 32.8 Å². The topological polar surface area (TPSA) is 76.7 Å². The second-order valence-electron chi connectivity index (χ2n) is 7.01. The minimum absolute atomic E-state index is 0.0838. The second-order valence-corrected chi connectivity index (χ2v) is 7.01. The molecule has 0 atom stereocenters. The van der Waals surface area contributed by atoms with Crippen LogP contribution in [0.25, 0.3) is 0 Å². The minimum atomic E-state index is -0.549. The third-order valence-corrected chi connectivity index (χ3v) is 3.40. The van der Waals surface area contributed by atoms with Crippen LogP contribution in [0.15, 0.2) is 54.6 Å². The second kappa shape index (κ2) is 9.62. The SMILES string of the molecule is CC(C)(C)OC(=O)Nc1ccc(CC(=O)NCCOc2ccccc2)cc1. The molecule has 0 unspecified atom stereocenters. The highest BCUT2D eigenvalue weighted by molar-refractivity contribution is 5.85. The van der Waals surface area contributed by atoms with E-state index >= 15 is 0 Å². The highest BCUT2D eigenvalue weighted by atomic mass is 16.6. The lowest BCUT2D eigenvalue weighted by Gasteiger charge is -2.19. The summed E-state index contributed by atoms with van der Waals surface area (Å²) in [5, 5.41) is 5.48. The highest BCUT2D eigenvalue weighted by Gasteiger charge is 2.16. The van der Waals surface area contributed by atoms with E-state index in [2.05, 4.69) is 10.6 Å². The van der Waals surface area contributed by atoms with E-state index in [0.29, 0.717) is 18.8 Å². The molecule has 0 aliphatic carbocycles. The molecular formula is C21H26N2O4. The number of anilines is 1. The van der Waals surface area contributed by atoms with Gasteiger partial charge in [-0.1, -0.05) is 30.3 Å². The Kier molecular flexibility index (Phi) is 7.23. The van der Waals surface area contributed by atoms with Crippen molar-refractivity contribution in [2.75, 3.05) is 18.5 Å². The van der Waals surface area contributed by atoms with Crippen LogP contribution in [0.2, 0.25) is 0 Å².